The Morgan fingerprint density at radius 1 is 0.727 bits per heavy atom. The molecular weight excluding hydrogens is 426 g/mol. The average Bonchev–Trinajstić information content (AvgIpc) is 3.38. The number of rotatable bonds is 8. The van der Waals surface area contributed by atoms with Crippen LogP contribution in [0.3, 0.4) is 0 Å². The maximum atomic E-state index is 6.80. The van der Waals surface area contributed by atoms with Crippen molar-refractivity contribution in [3.8, 4) is 17.2 Å². The van der Waals surface area contributed by atoms with E-state index in [0.717, 1.165) is 51.8 Å². The van der Waals surface area contributed by atoms with Gasteiger partial charge < -0.3 is 14.4 Å². The Morgan fingerprint density at radius 3 is 2.21 bits per heavy atom. The summed E-state index contributed by atoms with van der Waals surface area (Å²) < 4.78 is 13.3. The van der Waals surface area contributed by atoms with Crippen LogP contribution in [0.1, 0.15) is 17.4 Å². The second-order valence-electron chi connectivity index (χ2n) is 8.41. The SMILES string of the molecule is CN(C)CC[C@H](Oc1c(Oc2cccc3ccccc23)ccc2ccccc12)c1cccs1. The molecule has 0 aliphatic rings. The maximum Gasteiger partial charge on any atom is 0.170 e. The lowest BCUT2D eigenvalue weighted by Gasteiger charge is -2.23. The molecule has 0 spiro atoms. The summed E-state index contributed by atoms with van der Waals surface area (Å²) in [4.78, 5) is 3.42. The highest BCUT2D eigenvalue weighted by Crippen LogP contribution is 2.42. The molecule has 0 unspecified atom stereocenters. The topological polar surface area (TPSA) is 21.7 Å². The van der Waals surface area contributed by atoms with Crippen LogP contribution in [-0.2, 0) is 0 Å². The van der Waals surface area contributed by atoms with E-state index in [2.05, 4.69) is 85.0 Å². The molecule has 5 aromatic rings. The van der Waals surface area contributed by atoms with Gasteiger partial charge in [-0.3, -0.25) is 0 Å². The molecule has 5 rings (SSSR count). The Morgan fingerprint density at radius 2 is 1.45 bits per heavy atom. The second kappa shape index (κ2) is 9.65. The molecule has 1 heterocycles. The largest absolute Gasteiger partial charge is 0.480 e. The molecule has 0 N–H and O–H groups in total. The summed E-state index contributed by atoms with van der Waals surface area (Å²) in [6.45, 7) is 0.937. The third kappa shape index (κ3) is 4.72. The zero-order chi connectivity index (χ0) is 22.6. The molecule has 4 heteroatoms. The first-order valence-electron chi connectivity index (χ1n) is 11.2. The molecular formula is C29H27NO2S. The molecule has 166 valence electrons. The smallest absolute Gasteiger partial charge is 0.170 e. The predicted octanol–water partition coefficient (Wildman–Crippen LogP) is 7.92. The molecule has 0 aliphatic heterocycles. The number of ether oxygens (including phenoxy) is 2. The lowest BCUT2D eigenvalue weighted by Crippen LogP contribution is -2.18. The molecule has 0 saturated heterocycles. The fourth-order valence-electron chi connectivity index (χ4n) is 4.08. The van der Waals surface area contributed by atoms with Gasteiger partial charge in [0, 0.05) is 28.6 Å². The number of nitrogens with zero attached hydrogens (tertiary/aromatic N) is 1. The third-order valence-corrected chi connectivity index (χ3v) is 6.74. The monoisotopic (exact) mass is 453 g/mol. The summed E-state index contributed by atoms with van der Waals surface area (Å²) >= 11 is 1.73. The van der Waals surface area contributed by atoms with Crippen molar-refractivity contribution >= 4 is 32.9 Å². The lowest BCUT2D eigenvalue weighted by molar-refractivity contribution is 0.180. The van der Waals surface area contributed by atoms with Gasteiger partial charge in [-0.1, -0.05) is 72.8 Å². The standard InChI is InChI=1S/C29H27NO2S/c1-30(2)19-18-26(28-15-8-20-33-28)32-29-24-13-6-4-10-22(24)16-17-27(29)31-25-14-7-11-21-9-3-5-12-23(21)25/h3-17,20,26H,18-19H2,1-2H3/t26-/m0/s1. The van der Waals surface area contributed by atoms with E-state index in [1.807, 2.05) is 30.3 Å². The maximum absolute atomic E-state index is 6.80. The normalized spacial score (nSPS) is 12.3. The van der Waals surface area contributed by atoms with Crippen LogP contribution in [0.4, 0.5) is 0 Å². The van der Waals surface area contributed by atoms with Gasteiger partial charge in [0.15, 0.2) is 11.5 Å². The van der Waals surface area contributed by atoms with Crippen molar-refractivity contribution in [2.24, 2.45) is 0 Å². The molecule has 0 radical (unpaired) electrons. The molecule has 0 saturated carbocycles. The highest BCUT2D eigenvalue weighted by Gasteiger charge is 2.20. The van der Waals surface area contributed by atoms with Crippen molar-refractivity contribution in [2.45, 2.75) is 12.5 Å². The Labute approximate surface area is 198 Å². The molecule has 0 bridgehead atoms. The number of hydrogen-bond donors (Lipinski definition) is 0. The van der Waals surface area contributed by atoms with Crippen molar-refractivity contribution < 1.29 is 9.47 Å². The van der Waals surface area contributed by atoms with Gasteiger partial charge >= 0.3 is 0 Å². The first-order chi connectivity index (χ1) is 16.2. The van der Waals surface area contributed by atoms with E-state index in [0.29, 0.717) is 0 Å². The van der Waals surface area contributed by atoms with Crippen LogP contribution in [0.25, 0.3) is 21.5 Å². The van der Waals surface area contributed by atoms with Gasteiger partial charge in [-0.05, 0) is 48.4 Å². The summed E-state index contributed by atoms with van der Waals surface area (Å²) in [5, 5.41) is 6.54. The zero-order valence-corrected chi connectivity index (χ0v) is 19.7. The van der Waals surface area contributed by atoms with Gasteiger partial charge in [0.25, 0.3) is 0 Å². The van der Waals surface area contributed by atoms with Crippen molar-refractivity contribution in [1.82, 2.24) is 4.90 Å². The summed E-state index contributed by atoms with van der Waals surface area (Å²) in [6, 6.07) is 31.1. The number of thiophene rings is 1. The van der Waals surface area contributed by atoms with E-state index in [-0.39, 0.29) is 6.10 Å². The van der Waals surface area contributed by atoms with Crippen LogP contribution in [0.5, 0.6) is 17.2 Å². The van der Waals surface area contributed by atoms with Crippen LogP contribution >= 0.6 is 11.3 Å². The van der Waals surface area contributed by atoms with Gasteiger partial charge in [-0.25, -0.2) is 0 Å². The Hall–Kier alpha value is -3.34. The number of fused-ring (bicyclic) bond motifs is 2. The summed E-state index contributed by atoms with van der Waals surface area (Å²) in [5.41, 5.74) is 0. The lowest BCUT2D eigenvalue weighted by atomic mass is 10.1. The number of benzene rings is 4. The van der Waals surface area contributed by atoms with Gasteiger partial charge in [-0.15, -0.1) is 11.3 Å². The zero-order valence-electron chi connectivity index (χ0n) is 18.9. The van der Waals surface area contributed by atoms with Crippen LogP contribution in [0.2, 0.25) is 0 Å². The van der Waals surface area contributed by atoms with Crippen LogP contribution in [0.15, 0.2) is 96.4 Å². The molecule has 3 nitrogen and oxygen atoms in total. The predicted molar refractivity (Wildman–Crippen MR) is 139 cm³/mol. The molecule has 0 aliphatic carbocycles. The molecule has 0 amide bonds. The van der Waals surface area contributed by atoms with Crippen LogP contribution < -0.4 is 9.47 Å². The van der Waals surface area contributed by atoms with E-state index >= 15 is 0 Å². The van der Waals surface area contributed by atoms with Gasteiger partial charge in [0.2, 0.25) is 0 Å². The van der Waals surface area contributed by atoms with Crippen molar-refractivity contribution in [1.29, 1.82) is 0 Å². The van der Waals surface area contributed by atoms with E-state index < -0.39 is 0 Å². The third-order valence-electron chi connectivity index (χ3n) is 5.77. The average molecular weight is 454 g/mol. The minimum Gasteiger partial charge on any atom is -0.480 e. The van der Waals surface area contributed by atoms with Crippen molar-refractivity contribution in [3.05, 3.63) is 101 Å². The van der Waals surface area contributed by atoms with Gasteiger partial charge in [-0.2, -0.15) is 0 Å². The summed E-state index contributed by atoms with van der Waals surface area (Å²) in [7, 11) is 4.19. The molecule has 1 aromatic heterocycles. The summed E-state index contributed by atoms with van der Waals surface area (Å²) in [5.74, 6) is 2.35. The van der Waals surface area contributed by atoms with E-state index in [1.54, 1.807) is 11.3 Å². The first kappa shape index (κ1) is 21.5. The quantitative estimate of drug-likeness (QED) is 0.238. The molecule has 4 aromatic carbocycles. The Bertz CT molecular complexity index is 1360. The molecule has 33 heavy (non-hydrogen) atoms. The van der Waals surface area contributed by atoms with Crippen molar-refractivity contribution in [2.75, 3.05) is 20.6 Å². The van der Waals surface area contributed by atoms with Gasteiger partial charge in [0.05, 0.1) is 0 Å². The van der Waals surface area contributed by atoms with Crippen LogP contribution in [0, 0.1) is 0 Å². The highest BCUT2D eigenvalue weighted by atomic mass is 32.1. The Balaban J connectivity index is 1.58. The first-order valence-corrected chi connectivity index (χ1v) is 12.1. The Kier molecular flexibility index (Phi) is 6.29. The fourth-order valence-corrected chi connectivity index (χ4v) is 4.87. The minimum absolute atomic E-state index is 0.0481. The second-order valence-corrected chi connectivity index (χ2v) is 9.39. The molecule has 0 fully saturated rings. The van der Waals surface area contributed by atoms with E-state index in [1.165, 1.54) is 4.88 Å². The minimum atomic E-state index is -0.0481. The van der Waals surface area contributed by atoms with Crippen molar-refractivity contribution in [3.63, 3.8) is 0 Å². The molecule has 1 atom stereocenters. The van der Waals surface area contributed by atoms with Crippen LogP contribution in [-0.4, -0.2) is 25.5 Å². The van der Waals surface area contributed by atoms with Gasteiger partial charge in [0.1, 0.15) is 11.9 Å². The number of hydrogen-bond acceptors (Lipinski definition) is 4. The van der Waals surface area contributed by atoms with E-state index in [9.17, 15) is 0 Å². The highest BCUT2D eigenvalue weighted by molar-refractivity contribution is 7.10. The fraction of sp³-hybridized carbons (Fsp3) is 0.172. The summed E-state index contributed by atoms with van der Waals surface area (Å²) in [6.07, 6.45) is 0.845. The van der Waals surface area contributed by atoms with E-state index in [4.69, 9.17) is 9.47 Å².